The Morgan fingerprint density at radius 3 is 2.44 bits per heavy atom. The van der Waals surface area contributed by atoms with Gasteiger partial charge < -0.3 is 16.2 Å². The minimum Gasteiger partial charge on any atom is -0.457 e. The lowest BCUT2D eigenvalue weighted by Crippen LogP contribution is -2.20. The SMILES string of the molecule is NCC(N)c1cccc(Oc2ccc(F)cc2)c1. The van der Waals surface area contributed by atoms with E-state index < -0.39 is 0 Å². The van der Waals surface area contributed by atoms with Crippen LogP contribution in [-0.2, 0) is 0 Å². The summed E-state index contributed by atoms with van der Waals surface area (Å²) in [7, 11) is 0. The zero-order chi connectivity index (χ0) is 13.0. The molecule has 4 N–H and O–H groups in total. The highest BCUT2D eigenvalue weighted by molar-refractivity contribution is 5.35. The zero-order valence-electron chi connectivity index (χ0n) is 9.84. The van der Waals surface area contributed by atoms with Crippen molar-refractivity contribution in [2.75, 3.05) is 6.54 Å². The molecule has 2 aromatic rings. The van der Waals surface area contributed by atoms with E-state index in [0.29, 0.717) is 18.0 Å². The molecule has 3 nitrogen and oxygen atoms in total. The quantitative estimate of drug-likeness (QED) is 0.871. The van der Waals surface area contributed by atoms with Crippen LogP contribution in [0.25, 0.3) is 0 Å². The lowest BCUT2D eigenvalue weighted by Gasteiger charge is -2.11. The van der Waals surface area contributed by atoms with Crippen molar-refractivity contribution in [3.63, 3.8) is 0 Å². The van der Waals surface area contributed by atoms with Crippen LogP contribution >= 0.6 is 0 Å². The van der Waals surface area contributed by atoms with Crippen molar-refractivity contribution in [1.29, 1.82) is 0 Å². The maximum Gasteiger partial charge on any atom is 0.127 e. The van der Waals surface area contributed by atoms with Crippen LogP contribution in [0.4, 0.5) is 4.39 Å². The van der Waals surface area contributed by atoms with Gasteiger partial charge >= 0.3 is 0 Å². The third-order valence-electron chi connectivity index (χ3n) is 2.59. The number of nitrogens with two attached hydrogens (primary N) is 2. The number of hydrogen-bond acceptors (Lipinski definition) is 3. The molecule has 0 radical (unpaired) electrons. The van der Waals surface area contributed by atoms with Crippen molar-refractivity contribution >= 4 is 0 Å². The summed E-state index contributed by atoms with van der Waals surface area (Å²) in [6.45, 7) is 0.375. The van der Waals surface area contributed by atoms with E-state index in [-0.39, 0.29) is 11.9 Å². The number of rotatable bonds is 4. The Balaban J connectivity index is 2.16. The minimum absolute atomic E-state index is 0.207. The first-order chi connectivity index (χ1) is 8.69. The first kappa shape index (κ1) is 12.5. The molecular weight excluding hydrogens is 231 g/mol. The number of halogens is 1. The standard InChI is InChI=1S/C14H15FN2O/c15-11-4-6-12(7-5-11)18-13-3-1-2-10(8-13)14(17)9-16/h1-8,14H,9,16-17H2. The molecular formula is C14H15FN2O. The van der Waals surface area contributed by atoms with Crippen LogP contribution in [0.5, 0.6) is 11.5 Å². The molecule has 0 heterocycles. The zero-order valence-corrected chi connectivity index (χ0v) is 9.84. The maximum absolute atomic E-state index is 12.8. The largest absolute Gasteiger partial charge is 0.457 e. The molecule has 4 heteroatoms. The van der Waals surface area contributed by atoms with Crippen LogP contribution in [0, 0.1) is 5.82 Å². The molecule has 0 saturated heterocycles. The van der Waals surface area contributed by atoms with Gasteiger partial charge in [0.25, 0.3) is 0 Å². The van der Waals surface area contributed by atoms with Crippen molar-refractivity contribution < 1.29 is 9.13 Å². The lowest BCUT2D eigenvalue weighted by atomic mass is 10.1. The van der Waals surface area contributed by atoms with Crippen molar-refractivity contribution in [1.82, 2.24) is 0 Å². The molecule has 0 aliphatic heterocycles. The van der Waals surface area contributed by atoms with Crippen LogP contribution in [-0.4, -0.2) is 6.54 Å². The molecule has 0 saturated carbocycles. The molecule has 2 aromatic carbocycles. The summed E-state index contributed by atoms with van der Waals surface area (Å²) in [6.07, 6.45) is 0. The van der Waals surface area contributed by atoms with Gasteiger partial charge in [0.1, 0.15) is 17.3 Å². The Labute approximate surface area is 105 Å². The Morgan fingerprint density at radius 1 is 1.06 bits per heavy atom. The summed E-state index contributed by atoms with van der Waals surface area (Å²) in [6, 6.07) is 13.0. The molecule has 0 aromatic heterocycles. The van der Waals surface area contributed by atoms with Gasteiger partial charge in [-0.25, -0.2) is 4.39 Å². The second-order valence-electron chi connectivity index (χ2n) is 3.97. The molecule has 0 aliphatic rings. The van der Waals surface area contributed by atoms with Crippen molar-refractivity contribution in [3.05, 3.63) is 59.9 Å². The molecule has 2 rings (SSSR count). The minimum atomic E-state index is -0.291. The van der Waals surface area contributed by atoms with E-state index in [4.69, 9.17) is 16.2 Å². The molecule has 1 unspecified atom stereocenters. The lowest BCUT2D eigenvalue weighted by molar-refractivity contribution is 0.479. The van der Waals surface area contributed by atoms with E-state index in [1.54, 1.807) is 12.1 Å². The maximum atomic E-state index is 12.8. The normalized spacial score (nSPS) is 12.2. The fraction of sp³-hybridized carbons (Fsp3) is 0.143. The van der Waals surface area contributed by atoms with E-state index in [1.165, 1.54) is 12.1 Å². The van der Waals surface area contributed by atoms with Gasteiger partial charge in [-0.05, 0) is 42.0 Å². The van der Waals surface area contributed by atoms with Gasteiger partial charge in [-0.2, -0.15) is 0 Å². The van der Waals surface area contributed by atoms with Crippen molar-refractivity contribution in [2.45, 2.75) is 6.04 Å². The van der Waals surface area contributed by atoms with Crippen LogP contribution in [0.15, 0.2) is 48.5 Å². The fourth-order valence-corrected chi connectivity index (χ4v) is 1.58. The van der Waals surface area contributed by atoms with Crippen molar-refractivity contribution in [2.24, 2.45) is 11.5 Å². The summed E-state index contributed by atoms with van der Waals surface area (Å²) < 4.78 is 18.4. The molecule has 0 amide bonds. The van der Waals surface area contributed by atoms with E-state index in [1.807, 2.05) is 24.3 Å². The summed E-state index contributed by atoms with van der Waals surface area (Å²) in [5.74, 6) is 0.944. The molecule has 0 spiro atoms. The topological polar surface area (TPSA) is 61.3 Å². The Morgan fingerprint density at radius 2 is 1.78 bits per heavy atom. The summed E-state index contributed by atoms with van der Waals surface area (Å²) in [4.78, 5) is 0. The van der Waals surface area contributed by atoms with Crippen molar-refractivity contribution in [3.8, 4) is 11.5 Å². The Kier molecular flexibility index (Phi) is 3.92. The fourth-order valence-electron chi connectivity index (χ4n) is 1.58. The number of benzene rings is 2. The van der Waals surface area contributed by atoms with E-state index in [2.05, 4.69) is 0 Å². The predicted octanol–water partition coefficient (Wildman–Crippen LogP) is 2.58. The first-order valence-corrected chi connectivity index (χ1v) is 5.68. The molecule has 18 heavy (non-hydrogen) atoms. The van der Waals surface area contributed by atoms with E-state index >= 15 is 0 Å². The van der Waals surface area contributed by atoms with Crippen LogP contribution in [0.1, 0.15) is 11.6 Å². The van der Waals surface area contributed by atoms with Gasteiger partial charge in [-0.15, -0.1) is 0 Å². The molecule has 0 fully saturated rings. The highest BCUT2D eigenvalue weighted by atomic mass is 19.1. The monoisotopic (exact) mass is 246 g/mol. The smallest absolute Gasteiger partial charge is 0.127 e. The third-order valence-corrected chi connectivity index (χ3v) is 2.59. The van der Waals surface area contributed by atoms with Gasteiger partial charge in [0.15, 0.2) is 0 Å². The van der Waals surface area contributed by atoms with Gasteiger partial charge in [-0.3, -0.25) is 0 Å². The third kappa shape index (κ3) is 3.06. The highest BCUT2D eigenvalue weighted by Gasteiger charge is 2.05. The second-order valence-corrected chi connectivity index (χ2v) is 3.97. The van der Waals surface area contributed by atoms with Gasteiger partial charge in [0.2, 0.25) is 0 Å². The number of ether oxygens (including phenoxy) is 1. The molecule has 0 aliphatic carbocycles. The molecule has 1 atom stereocenters. The summed E-state index contributed by atoms with van der Waals surface area (Å²) in [5.41, 5.74) is 12.3. The average Bonchev–Trinajstić information content (AvgIpc) is 2.41. The van der Waals surface area contributed by atoms with Gasteiger partial charge in [0.05, 0.1) is 0 Å². The van der Waals surface area contributed by atoms with Gasteiger partial charge in [0, 0.05) is 12.6 Å². The summed E-state index contributed by atoms with van der Waals surface area (Å²) >= 11 is 0. The second kappa shape index (κ2) is 5.62. The average molecular weight is 246 g/mol. The van der Waals surface area contributed by atoms with Crippen LogP contribution < -0.4 is 16.2 Å². The predicted molar refractivity (Wildman–Crippen MR) is 68.9 cm³/mol. The Hall–Kier alpha value is -1.91. The molecule has 94 valence electrons. The number of hydrogen-bond donors (Lipinski definition) is 2. The van der Waals surface area contributed by atoms with Gasteiger partial charge in [-0.1, -0.05) is 12.1 Å². The highest BCUT2D eigenvalue weighted by Crippen LogP contribution is 2.23. The van der Waals surface area contributed by atoms with E-state index in [0.717, 1.165) is 5.56 Å². The van der Waals surface area contributed by atoms with Crippen LogP contribution in [0.3, 0.4) is 0 Å². The van der Waals surface area contributed by atoms with E-state index in [9.17, 15) is 4.39 Å². The first-order valence-electron chi connectivity index (χ1n) is 5.68. The Bertz CT molecular complexity index is 513. The van der Waals surface area contributed by atoms with Crippen LogP contribution in [0.2, 0.25) is 0 Å². The molecule has 0 bridgehead atoms. The summed E-state index contributed by atoms with van der Waals surface area (Å²) in [5, 5.41) is 0.